The van der Waals surface area contributed by atoms with Crippen LogP contribution in [0.4, 0.5) is 0 Å². The third kappa shape index (κ3) is 3.69. The first-order chi connectivity index (χ1) is 12.5. The fourth-order valence-electron chi connectivity index (χ4n) is 2.46. The van der Waals surface area contributed by atoms with E-state index in [1.807, 2.05) is 25.1 Å². The lowest BCUT2D eigenvalue weighted by Gasteiger charge is -2.12. The van der Waals surface area contributed by atoms with Crippen molar-refractivity contribution in [3.05, 3.63) is 64.5 Å². The number of rotatable bonds is 5. The van der Waals surface area contributed by atoms with Gasteiger partial charge in [-0.1, -0.05) is 12.1 Å². The van der Waals surface area contributed by atoms with E-state index in [0.717, 1.165) is 5.56 Å². The highest BCUT2D eigenvalue weighted by molar-refractivity contribution is 5.79. The van der Waals surface area contributed by atoms with Crippen molar-refractivity contribution >= 4 is 16.9 Å². The monoisotopic (exact) mass is 354 g/mol. The molecule has 0 aliphatic carbocycles. The molecule has 1 aromatic heterocycles. The van der Waals surface area contributed by atoms with Crippen LogP contribution >= 0.6 is 0 Å². The highest BCUT2D eigenvalue weighted by atomic mass is 16.6. The highest BCUT2D eigenvalue weighted by Gasteiger charge is 2.16. The minimum Gasteiger partial charge on any atom is -0.479 e. The Morgan fingerprint density at radius 3 is 2.65 bits per heavy atom. The maximum Gasteiger partial charge on any atom is 0.346 e. The summed E-state index contributed by atoms with van der Waals surface area (Å²) in [7, 11) is 1.29. The van der Waals surface area contributed by atoms with Gasteiger partial charge in [-0.05, 0) is 43.7 Å². The summed E-state index contributed by atoms with van der Waals surface area (Å²) < 4.78 is 21.3. The SMILES string of the molecule is COC(=O)[C@@H](C)Oc1ccc2c(=O)c(Oc3cccc(C)c3)coc2c1. The summed E-state index contributed by atoms with van der Waals surface area (Å²) in [6.45, 7) is 3.51. The smallest absolute Gasteiger partial charge is 0.346 e. The zero-order chi connectivity index (χ0) is 18.7. The van der Waals surface area contributed by atoms with Crippen LogP contribution in [0.1, 0.15) is 12.5 Å². The summed E-state index contributed by atoms with van der Waals surface area (Å²) in [6, 6.07) is 12.1. The Labute approximate surface area is 149 Å². The summed E-state index contributed by atoms with van der Waals surface area (Å²) >= 11 is 0. The summed E-state index contributed by atoms with van der Waals surface area (Å²) in [4.78, 5) is 24.0. The summed E-state index contributed by atoms with van der Waals surface area (Å²) in [5.41, 5.74) is 1.07. The third-order valence-corrected chi connectivity index (χ3v) is 3.78. The number of methoxy groups -OCH3 is 1. The van der Waals surface area contributed by atoms with Crippen molar-refractivity contribution in [2.24, 2.45) is 0 Å². The molecular weight excluding hydrogens is 336 g/mol. The van der Waals surface area contributed by atoms with Gasteiger partial charge in [0.25, 0.3) is 0 Å². The van der Waals surface area contributed by atoms with E-state index in [9.17, 15) is 9.59 Å². The van der Waals surface area contributed by atoms with Crippen LogP contribution in [-0.4, -0.2) is 19.2 Å². The number of hydrogen-bond donors (Lipinski definition) is 0. The van der Waals surface area contributed by atoms with E-state index in [1.54, 1.807) is 31.2 Å². The summed E-state index contributed by atoms with van der Waals surface area (Å²) in [5.74, 6) is 0.558. The Hall–Kier alpha value is -3.28. The van der Waals surface area contributed by atoms with Gasteiger partial charge in [0.2, 0.25) is 11.2 Å². The molecule has 0 radical (unpaired) electrons. The first-order valence-corrected chi connectivity index (χ1v) is 8.02. The molecule has 3 rings (SSSR count). The quantitative estimate of drug-likeness (QED) is 0.648. The van der Waals surface area contributed by atoms with Crippen molar-refractivity contribution in [3.63, 3.8) is 0 Å². The molecule has 0 spiro atoms. The standard InChI is InChI=1S/C20H18O6/c1-12-5-4-6-14(9-12)26-18-11-24-17-10-15(7-8-16(17)19(18)21)25-13(2)20(22)23-3/h4-11,13H,1-3H3/t13-/m1/s1. The second kappa shape index (κ2) is 7.31. The van der Waals surface area contributed by atoms with E-state index in [-0.39, 0.29) is 11.2 Å². The third-order valence-electron chi connectivity index (χ3n) is 3.78. The normalized spacial score (nSPS) is 11.8. The molecule has 0 saturated heterocycles. The van der Waals surface area contributed by atoms with Crippen molar-refractivity contribution in [2.75, 3.05) is 7.11 Å². The Bertz CT molecular complexity index is 1000. The lowest BCUT2D eigenvalue weighted by Crippen LogP contribution is -2.24. The van der Waals surface area contributed by atoms with E-state index >= 15 is 0 Å². The average molecular weight is 354 g/mol. The van der Waals surface area contributed by atoms with Crippen molar-refractivity contribution < 1.29 is 23.4 Å². The second-order valence-corrected chi connectivity index (χ2v) is 5.79. The van der Waals surface area contributed by atoms with Crippen LogP contribution in [0, 0.1) is 6.92 Å². The molecule has 2 aromatic carbocycles. The minimum atomic E-state index is -0.770. The summed E-state index contributed by atoms with van der Waals surface area (Å²) in [5, 5.41) is 0.355. The van der Waals surface area contributed by atoms with E-state index in [0.29, 0.717) is 22.5 Å². The Morgan fingerprint density at radius 2 is 1.92 bits per heavy atom. The molecule has 6 heteroatoms. The van der Waals surface area contributed by atoms with Crippen molar-refractivity contribution in [2.45, 2.75) is 20.0 Å². The Kier molecular flexibility index (Phi) is 4.93. The molecule has 1 heterocycles. The van der Waals surface area contributed by atoms with Gasteiger partial charge in [-0.15, -0.1) is 0 Å². The predicted molar refractivity (Wildman–Crippen MR) is 95.8 cm³/mol. The van der Waals surface area contributed by atoms with Crippen molar-refractivity contribution in [1.29, 1.82) is 0 Å². The van der Waals surface area contributed by atoms with E-state index in [4.69, 9.17) is 13.9 Å². The molecule has 0 amide bonds. The van der Waals surface area contributed by atoms with Crippen LogP contribution in [0.3, 0.4) is 0 Å². The molecule has 0 aliphatic heterocycles. The Balaban J connectivity index is 1.89. The van der Waals surface area contributed by atoms with E-state index < -0.39 is 12.1 Å². The number of hydrogen-bond acceptors (Lipinski definition) is 6. The van der Waals surface area contributed by atoms with Gasteiger partial charge in [0.05, 0.1) is 12.5 Å². The molecule has 1 atom stereocenters. The molecule has 26 heavy (non-hydrogen) atoms. The number of ether oxygens (including phenoxy) is 3. The fraction of sp³-hybridized carbons (Fsp3) is 0.200. The topological polar surface area (TPSA) is 75.0 Å². The zero-order valence-corrected chi connectivity index (χ0v) is 14.6. The van der Waals surface area contributed by atoms with Crippen LogP contribution in [-0.2, 0) is 9.53 Å². The van der Waals surface area contributed by atoms with Crippen LogP contribution in [0.5, 0.6) is 17.2 Å². The average Bonchev–Trinajstić information content (AvgIpc) is 2.63. The van der Waals surface area contributed by atoms with Gasteiger partial charge in [-0.2, -0.15) is 0 Å². The second-order valence-electron chi connectivity index (χ2n) is 5.79. The van der Waals surface area contributed by atoms with E-state index in [2.05, 4.69) is 4.74 Å². The van der Waals surface area contributed by atoms with Crippen molar-refractivity contribution in [1.82, 2.24) is 0 Å². The van der Waals surface area contributed by atoms with E-state index in [1.165, 1.54) is 13.4 Å². The molecule has 0 N–H and O–H groups in total. The van der Waals surface area contributed by atoms with Gasteiger partial charge < -0.3 is 18.6 Å². The number of aryl methyl sites for hydroxylation is 1. The summed E-state index contributed by atoms with van der Waals surface area (Å²) in [6.07, 6.45) is 0.494. The fourth-order valence-corrected chi connectivity index (χ4v) is 2.46. The maximum absolute atomic E-state index is 12.6. The van der Waals surface area contributed by atoms with Crippen LogP contribution in [0.25, 0.3) is 11.0 Å². The molecule has 3 aromatic rings. The molecule has 134 valence electrons. The highest BCUT2D eigenvalue weighted by Crippen LogP contribution is 2.25. The first kappa shape index (κ1) is 17.5. The molecule has 0 fully saturated rings. The van der Waals surface area contributed by atoms with Gasteiger partial charge in [0, 0.05) is 6.07 Å². The van der Waals surface area contributed by atoms with Gasteiger partial charge in [0.1, 0.15) is 23.3 Å². The van der Waals surface area contributed by atoms with Gasteiger partial charge >= 0.3 is 5.97 Å². The largest absolute Gasteiger partial charge is 0.479 e. The van der Waals surface area contributed by atoms with Crippen molar-refractivity contribution in [3.8, 4) is 17.2 Å². The number of benzene rings is 2. The maximum atomic E-state index is 12.6. The van der Waals surface area contributed by atoms with Crippen LogP contribution in [0.2, 0.25) is 0 Å². The molecule has 0 saturated carbocycles. The number of fused-ring (bicyclic) bond motifs is 1. The molecule has 0 unspecified atom stereocenters. The van der Waals surface area contributed by atoms with Crippen LogP contribution in [0.15, 0.2) is 57.9 Å². The molecule has 0 aliphatic rings. The van der Waals surface area contributed by atoms with Gasteiger partial charge in [-0.25, -0.2) is 4.79 Å². The number of carbonyl (C=O) groups excluding carboxylic acids is 1. The number of esters is 1. The predicted octanol–water partition coefficient (Wildman–Crippen LogP) is 3.83. The lowest BCUT2D eigenvalue weighted by molar-refractivity contribution is -0.147. The zero-order valence-electron chi connectivity index (χ0n) is 14.6. The first-order valence-electron chi connectivity index (χ1n) is 8.02. The molecule has 6 nitrogen and oxygen atoms in total. The van der Waals surface area contributed by atoms with Crippen LogP contribution < -0.4 is 14.9 Å². The number of carbonyl (C=O) groups is 1. The minimum absolute atomic E-state index is 0.0969. The lowest BCUT2D eigenvalue weighted by atomic mass is 10.2. The van der Waals surface area contributed by atoms with Gasteiger partial charge in [0.15, 0.2) is 6.10 Å². The van der Waals surface area contributed by atoms with Gasteiger partial charge in [-0.3, -0.25) is 4.79 Å². The Morgan fingerprint density at radius 1 is 1.12 bits per heavy atom. The molecular formula is C20H18O6. The molecule has 0 bridgehead atoms.